The zero-order chi connectivity index (χ0) is 26.5. The second-order valence-corrected chi connectivity index (χ2v) is 8.20. The predicted molar refractivity (Wildman–Crippen MR) is 126 cm³/mol. The van der Waals surface area contributed by atoms with Gasteiger partial charge in [0.2, 0.25) is 0 Å². The van der Waals surface area contributed by atoms with Crippen molar-refractivity contribution in [2.45, 2.75) is 31.5 Å². The van der Waals surface area contributed by atoms with E-state index in [0.717, 1.165) is 16.7 Å². The van der Waals surface area contributed by atoms with Crippen molar-refractivity contribution in [1.29, 1.82) is 0 Å². The lowest BCUT2D eigenvalue weighted by Gasteiger charge is -2.20. The molecule has 1 atom stereocenters. The molecule has 8 nitrogen and oxygen atoms in total. The van der Waals surface area contributed by atoms with Crippen LogP contribution in [0, 0.1) is 0 Å². The van der Waals surface area contributed by atoms with E-state index in [9.17, 15) is 32.7 Å². The Labute approximate surface area is 204 Å². The molecule has 1 aromatic heterocycles. The molecule has 11 heteroatoms. The Hall–Kier alpha value is -4.28. The van der Waals surface area contributed by atoms with Gasteiger partial charge in [0.1, 0.15) is 5.75 Å². The number of carbonyl (C=O) groups is 2. The smallest absolute Gasteiger partial charge is 0.416 e. The summed E-state index contributed by atoms with van der Waals surface area (Å²) in [6.07, 6.45) is -3.23. The number of carboxylic acid groups (broad SMARTS) is 1. The zero-order valence-corrected chi connectivity index (χ0v) is 19.2. The number of carboxylic acids is 1. The van der Waals surface area contributed by atoms with E-state index < -0.39 is 41.1 Å². The number of aliphatic carboxylic acids is 1. The molecule has 0 radical (unpaired) electrons. The van der Waals surface area contributed by atoms with Crippen LogP contribution in [0.2, 0.25) is 0 Å². The fraction of sp³-hybridized carbons (Fsp3) is 0.240. The largest absolute Gasteiger partial charge is 0.505 e. The molecule has 36 heavy (non-hydrogen) atoms. The maximum atomic E-state index is 13.0. The highest BCUT2D eigenvalue weighted by atomic mass is 19.4. The molecule has 2 amide bonds. The Balaban J connectivity index is 1.82. The van der Waals surface area contributed by atoms with Crippen LogP contribution < -0.4 is 16.2 Å². The monoisotopic (exact) mass is 503 g/mol. The number of aryl methyl sites for hydroxylation is 1. The first-order valence-electron chi connectivity index (χ1n) is 10.9. The molecular formula is C25H24F3N3O5. The highest BCUT2D eigenvalue weighted by Gasteiger charge is 2.30. The molecule has 0 bridgehead atoms. The lowest BCUT2D eigenvalue weighted by molar-refractivity contribution is -0.138. The minimum atomic E-state index is -4.47. The number of halogens is 3. The molecule has 0 aliphatic heterocycles. The topological polar surface area (TPSA) is 121 Å². The van der Waals surface area contributed by atoms with Gasteiger partial charge in [-0.3, -0.25) is 9.59 Å². The summed E-state index contributed by atoms with van der Waals surface area (Å²) in [6, 6.07) is 11.2. The van der Waals surface area contributed by atoms with Gasteiger partial charge in [-0.15, -0.1) is 0 Å². The normalized spacial score (nSPS) is 12.1. The van der Waals surface area contributed by atoms with Gasteiger partial charge in [-0.25, -0.2) is 4.79 Å². The van der Waals surface area contributed by atoms with Gasteiger partial charge in [-0.05, 0) is 41.7 Å². The number of hydrogen-bond acceptors (Lipinski definition) is 4. The van der Waals surface area contributed by atoms with Gasteiger partial charge < -0.3 is 25.4 Å². The summed E-state index contributed by atoms with van der Waals surface area (Å²) in [5.74, 6) is -1.52. The van der Waals surface area contributed by atoms with Gasteiger partial charge in [0.05, 0.1) is 11.6 Å². The van der Waals surface area contributed by atoms with Gasteiger partial charge in [0, 0.05) is 19.7 Å². The standard InChI is InChI=1S/C25H24F3N3O5/c1-31-11-10-20(32)22(23(31)35)30-24(36)29-19(8-9-21(33)34)17-6-2-4-15(13-17)12-16-5-3-7-18(14-16)25(26,27)28/h2-7,10-11,13-14,19,32H,8-9,12H2,1H3,(H,33,34)(H2,29,30,36)/t19-/m0/s1. The molecular weight excluding hydrogens is 479 g/mol. The van der Waals surface area contributed by atoms with Crippen molar-refractivity contribution in [3.05, 3.63) is 93.4 Å². The van der Waals surface area contributed by atoms with Crippen LogP contribution in [-0.4, -0.2) is 26.8 Å². The lowest BCUT2D eigenvalue weighted by atomic mass is 9.96. The van der Waals surface area contributed by atoms with Gasteiger partial charge >= 0.3 is 18.2 Å². The molecule has 4 N–H and O–H groups in total. The van der Waals surface area contributed by atoms with Crippen LogP contribution in [0.3, 0.4) is 0 Å². The number of alkyl halides is 3. The first-order valence-corrected chi connectivity index (χ1v) is 10.9. The summed E-state index contributed by atoms with van der Waals surface area (Å²) < 4.78 is 40.3. The fourth-order valence-corrected chi connectivity index (χ4v) is 3.65. The lowest BCUT2D eigenvalue weighted by Crippen LogP contribution is -2.35. The summed E-state index contributed by atoms with van der Waals surface area (Å²) in [4.78, 5) is 36.0. The molecule has 0 unspecified atom stereocenters. The molecule has 2 aromatic carbocycles. The summed E-state index contributed by atoms with van der Waals surface area (Å²) in [7, 11) is 1.44. The second-order valence-electron chi connectivity index (χ2n) is 8.20. The summed E-state index contributed by atoms with van der Waals surface area (Å²) in [6.45, 7) is 0. The van der Waals surface area contributed by atoms with E-state index >= 15 is 0 Å². The molecule has 1 heterocycles. The Bertz CT molecular complexity index is 1320. The van der Waals surface area contributed by atoms with Crippen molar-refractivity contribution in [3.63, 3.8) is 0 Å². The molecule has 3 rings (SSSR count). The van der Waals surface area contributed by atoms with E-state index in [1.165, 1.54) is 25.4 Å². The number of urea groups is 1. The van der Waals surface area contributed by atoms with Crippen LogP contribution in [0.5, 0.6) is 5.75 Å². The van der Waals surface area contributed by atoms with E-state index in [4.69, 9.17) is 5.11 Å². The van der Waals surface area contributed by atoms with E-state index in [1.54, 1.807) is 30.3 Å². The summed E-state index contributed by atoms with van der Waals surface area (Å²) in [5, 5.41) is 24.0. The number of nitrogens with zero attached hydrogens (tertiary/aromatic N) is 1. The minimum Gasteiger partial charge on any atom is -0.505 e. The summed E-state index contributed by atoms with van der Waals surface area (Å²) in [5.41, 5.74) is -0.123. The van der Waals surface area contributed by atoms with E-state index in [2.05, 4.69) is 10.6 Å². The third-order valence-corrected chi connectivity index (χ3v) is 5.45. The van der Waals surface area contributed by atoms with Crippen molar-refractivity contribution >= 4 is 17.7 Å². The number of carbonyl (C=O) groups excluding carboxylic acids is 1. The number of nitrogens with one attached hydrogen (secondary N) is 2. The second kappa shape index (κ2) is 11.0. The highest BCUT2D eigenvalue weighted by molar-refractivity contribution is 5.90. The van der Waals surface area contributed by atoms with Crippen LogP contribution in [0.1, 0.15) is 41.1 Å². The molecule has 0 aliphatic rings. The number of hydrogen-bond donors (Lipinski definition) is 4. The maximum absolute atomic E-state index is 13.0. The van der Waals surface area contributed by atoms with Crippen LogP contribution in [0.4, 0.5) is 23.7 Å². The van der Waals surface area contributed by atoms with Crippen LogP contribution in [-0.2, 0) is 24.4 Å². The number of amides is 2. The van der Waals surface area contributed by atoms with Gasteiger partial charge in [0.25, 0.3) is 5.56 Å². The average molecular weight is 503 g/mol. The molecule has 0 fully saturated rings. The van der Waals surface area contributed by atoms with Crippen LogP contribution in [0.15, 0.2) is 65.6 Å². The summed E-state index contributed by atoms with van der Waals surface area (Å²) >= 11 is 0. The van der Waals surface area contributed by atoms with Crippen LogP contribution >= 0.6 is 0 Å². The van der Waals surface area contributed by atoms with Crippen LogP contribution in [0.25, 0.3) is 0 Å². The average Bonchev–Trinajstić information content (AvgIpc) is 2.81. The third kappa shape index (κ3) is 6.87. The zero-order valence-electron chi connectivity index (χ0n) is 19.2. The number of aromatic hydroxyl groups is 1. The van der Waals surface area contributed by atoms with Crippen molar-refractivity contribution in [2.75, 3.05) is 5.32 Å². The number of aromatic nitrogens is 1. The SMILES string of the molecule is Cn1ccc(O)c(NC(=O)N[C@@H](CCC(=O)O)c2cccc(Cc3cccc(C(F)(F)F)c3)c2)c1=O. The van der Waals surface area contributed by atoms with Crippen molar-refractivity contribution in [1.82, 2.24) is 9.88 Å². The number of anilines is 1. The first-order chi connectivity index (χ1) is 16.9. The third-order valence-electron chi connectivity index (χ3n) is 5.45. The molecule has 0 saturated heterocycles. The molecule has 0 aliphatic carbocycles. The molecule has 190 valence electrons. The Morgan fingerprint density at radius 1 is 1.06 bits per heavy atom. The van der Waals surface area contributed by atoms with Gasteiger partial charge in [-0.1, -0.05) is 42.5 Å². The highest BCUT2D eigenvalue weighted by Crippen LogP contribution is 2.30. The van der Waals surface area contributed by atoms with E-state index in [0.29, 0.717) is 16.7 Å². The fourth-order valence-electron chi connectivity index (χ4n) is 3.65. The number of pyridine rings is 1. The van der Waals surface area contributed by atoms with Gasteiger partial charge in [-0.2, -0.15) is 13.2 Å². The van der Waals surface area contributed by atoms with Gasteiger partial charge in [0.15, 0.2) is 5.69 Å². The number of benzene rings is 2. The predicted octanol–water partition coefficient (Wildman–Crippen LogP) is 4.43. The van der Waals surface area contributed by atoms with Crippen molar-refractivity contribution < 1.29 is 33.0 Å². The Kier molecular flexibility index (Phi) is 8.03. The Morgan fingerprint density at radius 2 is 1.72 bits per heavy atom. The minimum absolute atomic E-state index is 0.00848. The molecule has 0 saturated carbocycles. The maximum Gasteiger partial charge on any atom is 0.416 e. The van der Waals surface area contributed by atoms with E-state index in [1.807, 2.05) is 0 Å². The Morgan fingerprint density at radius 3 is 2.39 bits per heavy atom. The molecule has 3 aromatic rings. The van der Waals surface area contributed by atoms with E-state index in [-0.39, 0.29) is 24.9 Å². The molecule has 0 spiro atoms. The number of rotatable bonds is 8. The van der Waals surface area contributed by atoms with Crippen molar-refractivity contribution in [2.24, 2.45) is 7.05 Å². The first kappa shape index (κ1) is 26.3. The van der Waals surface area contributed by atoms with Crippen molar-refractivity contribution in [3.8, 4) is 5.75 Å². The quantitative estimate of drug-likeness (QED) is 0.363.